The highest BCUT2D eigenvalue weighted by molar-refractivity contribution is 9.10. The average Bonchev–Trinajstić information content (AvgIpc) is 2.18. The Labute approximate surface area is 109 Å². The Morgan fingerprint density at radius 2 is 2.19 bits per heavy atom. The molecule has 0 spiro atoms. The molecule has 1 aromatic carbocycles. The second kappa shape index (κ2) is 6.83. The van der Waals surface area contributed by atoms with Crippen molar-refractivity contribution in [2.24, 2.45) is 5.73 Å². The van der Waals surface area contributed by atoms with Gasteiger partial charge in [-0.15, -0.1) is 12.4 Å². The van der Waals surface area contributed by atoms with Crippen LogP contribution in [0.4, 0.5) is 5.69 Å². The van der Waals surface area contributed by atoms with Gasteiger partial charge >= 0.3 is 0 Å². The van der Waals surface area contributed by atoms with E-state index in [1.807, 2.05) is 13.0 Å². The number of nitrogens with zero attached hydrogens (tertiary/aromatic N) is 1. The van der Waals surface area contributed by atoms with E-state index < -0.39 is 4.92 Å². The normalized spacial score (nSPS) is 11.7. The summed E-state index contributed by atoms with van der Waals surface area (Å²) in [6.45, 7) is 2.03. The third kappa shape index (κ3) is 3.73. The summed E-state index contributed by atoms with van der Waals surface area (Å²) in [6, 6.07) is 4.90. The van der Waals surface area contributed by atoms with Crippen LogP contribution in [0.15, 0.2) is 22.7 Å². The molecule has 0 aliphatic carbocycles. The molecule has 1 rings (SSSR count). The smallest absolute Gasteiger partial charge is 0.283 e. The fourth-order valence-electron chi connectivity index (χ4n) is 1.38. The van der Waals surface area contributed by atoms with Crippen molar-refractivity contribution in [3.63, 3.8) is 0 Å². The molecule has 0 aliphatic rings. The first-order chi connectivity index (χ1) is 7.06. The predicted molar refractivity (Wildman–Crippen MR) is 69.9 cm³/mol. The van der Waals surface area contributed by atoms with Crippen molar-refractivity contribution in [1.82, 2.24) is 0 Å². The van der Waals surface area contributed by atoms with Crippen molar-refractivity contribution in [2.75, 3.05) is 0 Å². The molecular formula is C10H14BrClN2O2. The first-order valence-corrected chi connectivity index (χ1v) is 5.55. The molecule has 1 atom stereocenters. The summed E-state index contributed by atoms with van der Waals surface area (Å²) >= 11 is 3.14. The summed E-state index contributed by atoms with van der Waals surface area (Å²) in [5.41, 5.74) is 6.77. The molecule has 6 heteroatoms. The monoisotopic (exact) mass is 308 g/mol. The van der Waals surface area contributed by atoms with E-state index in [1.165, 1.54) is 6.07 Å². The number of rotatable bonds is 4. The molecule has 16 heavy (non-hydrogen) atoms. The van der Waals surface area contributed by atoms with Gasteiger partial charge in [-0.2, -0.15) is 0 Å². The van der Waals surface area contributed by atoms with Crippen LogP contribution in [0.25, 0.3) is 0 Å². The minimum absolute atomic E-state index is 0. The number of benzene rings is 1. The standard InChI is InChI=1S/C10H13BrN2O2.ClH/c1-2-3-9(12)7-4-5-8(11)10(6-7)13(14)15;/h4-6,9H,2-3,12H2,1H3;1H/t9-;/m0./s1. The SMILES string of the molecule is CCC[C@H](N)c1ccc(Br)c([N+](=O)[O-])c1.Cl. The lowest BCUT2D eigenvalue weighted by Crippen LogP contribution is -2.09. The third-order valence-corrected chi connectivity index (χ3v) is 2.87. The highest BCUT2D eigenvalue weighted by atomic mass is 79.9. The van der Waals surface area contributed by atoms with Crippen molar-refractivity contribution in [3.8, 4) is 0 Å². The molecule has 0 amide bonds. The van der Waals surface area contributed by atoms with Gasteiger partial charge in [-0.3, -0.25) is 10.1 Å². The molecule has 0 aromatic heterocycles. The summed E-state index contributed by atoms with van der Waals surface area (Å²) in [6.07, 6.45) is 1.80. The zero-order chi connectivity index (χ0) is 11.4. The number of nitrogens with two attached hydrogens (primary N) is 1. The Balaban J connectivity index is 0.00000225. The number of nitro groups is 1. The lowest BCUT2D eigenvalue weighted by molar-refractivity contribution is -0.385. The van der Waals surface area contributed by atoms with E-state index in [0.29, 0.717) is 4.47 Å². The van der Waals surface area contributed by atoms with Crippen molar-refractivity contribution in [3.05, 3.63) is 38.3 Å². The summed E-state index contributed by atoms with van der Waals surface area (Å²) in [5.74, 6) is 0. The average molecular weight is 310 g/mol. The lowest BCUT2D eigenvalue weighted by Gasteiger charge is -2.10. The second-order valence-electron chi connectivity index (χ2n) is 3.36. The molecule has 0 aliphatic heterocycles. The van der Waals surface area contributed by atoms with Crippen molar-refractivity contribution in [1.29, 1.82) is 0 Å². The number of halogens is 2. The minimum Gasteiger partial charge on any atom is -0.324 e. The van der Waals surface area contributed by atoms with E-state index in [4.69, 9.17) is 5.73 Å². The van der Waals surface area contributed by atoms with Crippen LogP contribution in [0, 0.1) is 10.1 Å². The third-order valence-electron chi connectivity index (χ3n) is 2.19. The second-order valence-corrected chi connectivity index (χ2v) is 4.22. The van der Waals surface area contributed by atoms with Crippen LogP contribution in [0.3, 0.4) is 0 Å². The fraction of sp³-hybridized carbons (Fsp3) is 0.400. The maximum absolute atomic E-state index is 10.7. The molecular weight excluding hydrogens is 295 g/mol. The van der Waals surface area contributed by atoms with Crippen LogP contribution in [0.1, 0.15) is 31.4 Å². The van der Waals surface area contributed by atoms with Gasteiger partial charge in [-0.1, -0.05) is 19.4 Å². The summed E-state index contributed by atoms with van der Waals surface area (Å²) in [5, 5.41) is 10.7. The molecule has 0 saturated heterocycles. The Morgan fingerprint density at radius 3 is 2.69 bits per heavy atom. The van der Waals surface area contributed by atoms with Crippen molar-refractivity contribution in [2.45, 2.75) is 25.8 Å². The van der Waals surface area contributed by atoms with E-state index in [9.17, 15) is 10.1 Å². The number of nitro benzene ring substituents is 1. The van der Waals surface area contributed by atoms with Gasteiger partial charge in [0.15, 0.2) is 0 Å². The maximum Gasteiger partial charge on any atom is 0.283 e. The van der Waals surface area contributed by atoms with E-state index >= 15 is 0 Å². The van der Waals surface area contributed by atoms with Gasteiger partial charge in [0.25, 0.3) is 5.69 Å². The van der Waals surface area contributed by atoms with E-state index in [2.05, 4.69) is 15.9 Å². The van der Waals surface area contributed by atoms with E-state index in [1.54, 1.807) is 6.07 Å². The molecule has 90 valence electrons. The molecule has 1 aromatic rings. The molecule has 0 saturated carbocycles. The summed E-state index contributed by atoms with van der Waals surface area (Å²) in [7, 11) is 0. The number of hydrogen-bond acceptors (Lipinski definition) is 3. The van der Waals surface area contributed by atoms with Gasteiger partial charge in [0.2, 0.25) is 0 Å². The van der Waals surface area contributed by atoms with Gasteiger partial charge in [-0.05, 0) is 34.0 Å². The first-order valence-electron chi connectivity index (χ1n) is 4.75. The van der Waals surface area contributed by atoms with Crippen LogP contribution < -0.4 is 5.73 Å². The largest absolute Gasteiger partial charge is 0.324 e. The van der Waals surface area contributed by atoms with Gasteiger partial charge in [0.1, 0.15) is 0 Å². The highest BCUT2D eigenvalue weighted by Gasteiger charge is 2.14. The predicted octanol–water partition coefficient (Wildman–Crippen LogP) is 3.58. The Morgan fingerprint density at radius 1 is 1.56 bits per heavy atom. The summed E-state index contributed by atoms with van der Waals surface area (Å²) in [4.78, 5) is 10.3. The van der Waals surface area contributed by atoms with Gasteiger partial charge in [0, 0.05) is 12.1 Å². The van der Waals surface area contributed by atoms with Crippen molar-refractivity contribution < 1.29 is 4.92 Å². The Bertz CT molecular complexity index is 374. The molecule has 0 unspecified atom stereocenters. The van der Waals surface area contributed by atoms with Crippen LogP contribution in [0.5, 0.6) is 0 Å². The molecule has 0 heterocycles. The molecule has 2 N–H and O–H groups in total. The zero-order valence-corrected chi connectivity index (χ0v) is 11.3. The molecule has 0 bridgehead atoms. The van der Waals surface area contributed by atoms with Crippen LogP contribution in [-0.2, 0) is 0 Å². The van der Waals surface area contributed by atoms with Gasteiger partial charge in [-0.25, -0.2) is 0 Å². The first kappa shape index (κ1) is 15.3. The van der Waals surface area contributed by atoms with Gasteiger partial charge < -0.3 is 5.73 Å². The van der Waals surface area contributed by atoms with E-state index in [-0.39, 0.29) is 24.1 Å². The molecule has 4 nitrogen and oxygen atoms in total. The zero-order valence-electron chi connectivity index (χ0n) is 8.85. The van der Waals surface area contributed by atoms with Crippen LogP contribution >= 0.6 is 28.3 Å². The molecule has 0 fully saturated rings. The summed E-state index contributed by atoms with van der Waals surface area (Å²) < 4.78 is 0.486. The van der Waals surface area contributed by atoms with E-state index in [0.717, 1.165) is 18.4 Å². The Kier molecular flexibility index (Phi) is 6.55. The Hall–Kier alpha value is -0.650. The van der Waals surface area contributed by atoms with Crippen LogP contribution in [-0.4, -0.2) is 4.92 Å². The van der Waals surface area contributed by atoms with Crippen molar-refractivity contribution >= 4 is 34.0 Å². The maximum atomic E-state index is 10.7. The number of hydrogen-bond donors (Lipinski definition) is 1. The van der Waals surface area contributed by atoms with Crippen LogP contribution in [0.2, 0.25) is 0 Å². The quantitative estimate of drug-likeness (QED) is 0.682. The molecule has 0 radical (unpaired) electrons. The minimum atomic E-state index is -0.410. The highest BCUT2D eigenvalue weighted by Crippen LogP contribution is 2.28. The fourth-order valence-corrected chi connectivity index (χ4v) is 1.77. The lowest BCUT2D eigenvalue weighted by atomic mass is 10.0. The topological polar surface area (TPSA) is 69.2 Å². The van der Waals surface area contributed by atoms with Gasteiger partial charge in [0.05, 0.1) is 9.40 Å².